The zero-order chi connectivity index (χ0) is 16.8. The highest BCUT2D eigenvalue weighted by molar-refractivity contribution is 6.45. The van der Waals surface area contributed by atoms with E-state index in [-0.39, 0.29) is 21.5 Å². The van der Waals surface area contributed by atoms with Crippen LogP contribution in [0.15, 0.2) is 47.6 Å². The summed E-state index contributed by atoms with van der Waals surface area (Å²) in [6.07, 6.45) is 1.27. The highest BCUT2D eigenvalue weighted by Gasteiger charge is 2.15. The molecule has 0 aliphatic heterocycles. The predicted molar refractivity (Wildman–Crippen MR) is 87.2 cm³/mol. The highest BCUT2D eigenvalue weighted by Crippen LogP contribution is 2.29. The molecule has 0 unspecified atom stereocenters. The number of rotatable bonds is 3. The van der Waals surface area contributed by atoms with E-state index in [1.165, 1.54) is 36.5 Å². The first-order chi connectivity index (χ1) is 11.0. The first kappa shape index (κ1) is 16.9. The number of nitrogens with zero attached hydrogens (tertiary/aromatic N) is 1. The van der Waals surface area contributed by atoms with Gasteiger partial charge in [-0.2, -0.15) is 5.10 Å². The average molecular weight is 354 g/mol. The second-order valence-corrected chi connectivity index (χ2v) is 5.09. The van der Waals surface area contributed by atoms with Gasteiger partial charge in [0.15, 0.2) is 0 Å². The Labute approximate surface area is 141 Å². The second kappa shape index (κ2) is 7.71. The Morgan fingerprint density at radius 2 is 1.74 bits per heavy atom. The van der Waals surface area contributed by atoms with Gasteiger partial charge in [0.05, 0.1) is 21.9 Å². The van der Waals surface area contributed by atoms with Crippen LogP contribution in [0.1, 0.15) is 5.56 Å². The number of nitrogens with one attached hydrogen (secondary N) is 2. The molecule has 0 heterocycles. The molecular formula is C15H10Cl2FN3O2. The maximum Gasteiger partial charge on any atom is 0.329 e. The van der Waals surface area contributed by atoms with Crippen LogP contribution in [-0.4, -0.2) is 18.0 Å². The number of halogens is 3. The summed E-state index contributed by atoms with van der Waals surface area (Å²) in [6, 6.07) is 10.1. The Kier molecular flexibility index (Phi) is 5.67. The highest BCUT2D eigenvalue weighted by atomic mass is 35.5. The largest absolute Gasteiger partial charge is 0.329 e. The molecule has 5 nitrogen and oxygen atoms in total. The Hall–Kier alpha value is -2.44. The summed E-state index contributed by atoms with van der Waals surface area (Å²) < 4.78 is 12.7. The van der Waals surface area contributed by atoms with Crippen LogP contribution in [0.25, 0.3) is 0 Å². The standard InChI is InChI=1S/C15H10Cl2FN3O2/c16-11-2-1-3-12(13(11)17)20-14(22)15(23)21-19-8-9-4-6-10(18)7-5-9/h1-8H,(H,20,22)(H,21,23)/b19-8+. The molecule has 0 saturated heterocycles. The number of carbonyl (C=O) groups is 2. The van der Waals surface area contributed by atoms with Crippen molar-refractivity contribution < 1.29 is 14.0 Å². The maximum atomic E-state index is 12.7. The zero-order valence-corrected chi connectivity index (χ0v) is 13.0. The number of amides is 2. The van der Waals surface area contributed by atoms with Crippen LogP contribution in [0.4, 0.5) is 10.1 Å². The molecule has 0 aliphatic carbocycles. The van der Waals surface area contributed by atoms with Gasteiger partial charge in [-0.15, -0.1) is 0 Å². The van der Waals surface area contributed by atoms with Gasteiger partial charge in [-0.25, -0.2) is 9.82 Å². The van der Waals surface area contributed by atoms with E-state index >= 15 is 0 Å². The summed E-state index contributed by atoms with van der Waals surface area (Å²) in [5, 5.41) is 6.30. The molecule has 2 rings (SSSR count). The van der Waals surface area contributed by atoms with E-state index < -0.39 is 11.8 Å². The summed E-state index contributed by atoms with van der Waals surface area (Å²) in [4.78, 5) is 23.3. The van der Waals surface area contributed by atoms with Gasteiger partial charge < -0.3 is 5.32 Å². The van der Waals surface area contributed by atoms with E-state index in [0.29, 0.717) is 5.56 Å². The van der Waals surface area contributed by atoms with E-state index in [4.69, 9.17) is 23.2 Å². The van der Waals surface area contributed by atoms with Gasteiger partial charge in [0.1, 0.15) is 5.82 Å². The van der Waals surface area contributed by atoms with Crippen LogP contribution in [0, 0.1) is 5.82 Å². The van der Waals surface area contributed by atoms with E-state index in [2.05, 4.69) is 10.4 Å². The molecule has 0 aliphatic rings. The van der Waals surface area contributed by atoms with Crippen LogP contribution in [0.3, 0.4) is 0 Å². The molecule has 0 aromatic heterocycles. The lowest BCUT2D eigenvalue weighted by Gasteiger charge is -2.06. The minimum atomic E-state index is -0.987. The van der Waals surface area contributed by atoms with E-state index in [1.807, 2.05) is 5.43 Å². The van der Waals surface area contributed by atoms with Crippen molar-refractivity contribution in [3.05, 3.63) is 63.9 Å². The van der Waals surface area contributed by atoms with Crippen molar-refractivity contribution in [1.29, 1.82) is 0 Å². The third-order valence-electron chi connectivity index (χ3n) is 2.66. The van der Waals surface area contributed by atoms with Crippen LogP contribution in [-0.2, 0) is 9.59 Å². The van der Waals surface area contributed by atoms with Crippen molar-refractivity contribution in [2.24, 2.45) is 5.10 Å². The van der Waals surface area contributed by atoms with Gasteiger partial charge in [-0.3, -0.25) is 9.59 Å². The van der Waals surface area contributed by atoms with E-state index in [1.54, 1.807) is 12.1 Å². The summed E-state index contributed by atoms with van der Waals surface area (Å²) in [5.74, 6) is -2.33. The molecule has 2 aromatic rings. The van der Waals surface area contributed by atoms with Crippen molar-refractivity contribution in [2.45, 2.75) is 0 Å². The van der Waals surface area contributed by atoms with Crippen LogP contribution < -0.4 is 10.7 Å². The van der Waals surface area contributed by atoms with E-state index in [9.17, 15) is 14.0 Å². The average Bonchev–Trinajstić information content (AvgIpc) is 2.53. The molecular weight excluding hydrogens is 344 g/mol. The molecule has 0 atom stereocenters. The SMILES string of the molecule is O=C(N/N=C/c1ccc(F)cc1)C(=O)Nc1cccc(Cl)c1Cl. The van der Waals surface area contributed by atoms with Gasteiger partial charge in [0.25, 0.3) is 0 Å². The molecule has 2 N–H and O–H groups in total. The van der Waals surface area contributed by atoms with Gasteiger partial charge in [-0.1, -0.05) is 41.4 Å². The van der Waals surface area contributed by atoms with Crippen molar-refractivity contribution in [1.82, 2.24) is 5.43 Å². The Morgan fingerprint density at radius 1 is 1.04 bits per heavy atom. The monoisotopic (exact) mass is 353 g/mol. The fourth-order valence-electron chi connectivity index (χ4n) is 1.54. The van der Waals surface area contributed by atoms with Gasteiger partial charge >= 0.3 is 11.8 Å². The molecule has 118 valence electrons. The minimum Gasteiger partial charge on any atom is -0.316 e. The lowest BCUT2D eigenvalue weighted by Crippen LogP contribution is -2.32. The Morgan fingerprint density at radius 3 is 2.43 bits per heavy atom. The number of hydrazone groups is 1. The third-order valence-corrected chi connectivity index (χ3v) is 3.47. The molecule has 0 saturated carbocycles. The smallest absolute Gasteiger partial charge is 0.316 e. The lowest BCUT2D eigenvalue weighted by molar-refractivity contribution is -0.136. The Balaban J connectivity index is 1.94. The van der Waals surface area contributed by atoms with Crippen LogP contribution >= 0.6 is 23.2 Å². The first-order valence-corrected chi connectivity index (χ1v) is 7.07. The number of anilines is 1. The fraction of sp³-hybridized carbons (Fsp3) is 0. The molecule has 0 spiro atoms. The van der Waals surface area contributed by atoms with Crippen molar-refractivity contribution >= 4 is 46.9 Å². The van der Waals surface area contributed by atoms with Crippen molar-refractivity contribution in [2.75, 3.05) is 5.32 Å². The molecule has 0 radical (unpaired) electrons. The number of carbonyl (C=O) groups excluding carboxylic acids is 2. The summed E-state index contributed by atoms with van der Waals surface area (Å²) in [7, 11) is 0. The minimum absolute atomic E-state index is 0.130. The lowest BCUT2D eigenvalue weighted by atomic mass is 10.2. The van der Waals surface area contributed by atoms with Crippen LogP contribution in [0.5, 0.6) is 0 Å². The maximum absolute atomic E-state index is 12.7. The van der Waals surface area contributed by atoms with Crippen molar-refractivity contribution in [3.63, 3.8) is 0 Å². The van der Waals surface area contributed by atoms with Crippen LogP contribution in [0.2, 0.25) is 10.0 Å². The summed E-state index contributed by atoms with van der Waals surface area (Å²) in [6.45, 7) is 0. The zero-order valence-electron chi connectivity index (χ0n) is 11.5. The summed E-state index contributed by atoms with van der Waals surface area (Å²) >= 11 is 11.7. The topological polar surface area (TPSA) is 70.6 Å². The van der Waals surface area contributed by atoms with Gasteiger partial charge in [-0.05, 0) is 29.8 Å². The predicted octanol–water partition coefficient (Wildman–Crippen LogP) is 3.22. The first-order valence-electron chi connectivity index (χ1n) is 6.31. The van der Waals surface area contributed by atoms with E-state index in [0.717, 1.165) is 0 Å². The molecule has 0 bridgehead atoms. The Bertz CT molecular complexity index is 764. The second-order valence-electron chi connectivity index (χ2n) is 4.31. The third kappa shape index (κ3) is 4.77. The quantitative estimate of drug-likeness (QED) is 0.505. The normalized spacial score (nSPS) is 10.6. The molecule has 8 heteroatoms. The fourth-order valence-corrected chi connectivity index (χ4v) is 1.89. The number of hydrogen-bond donors (Lipinski definition) is 2. The molecule has 23 heavy (non-hydrogen) atoms. The summed E-state index contributed by atoms with van der Waals surface area (Å²) in [5.41, 5.74) is 2.82. The van der Waals surface area contributed by atoms with Gasteiger partial charge in [0.2, 0.25) is 0 Å². The number of benzene rings is 2. The van der Waals surface area contributed by atoms with Crippen molar-refractivity contribution in [3.8, 4) is 0 Å². The molecule has 2 amide bonds. The molecule has 0 fully saturated rings. The van der Waals surface area contributed by atoms with Gasteiger partial charge in [0, 0.05) is 0 Å². The number of hydrogen-bond acceptors (Lipinski definition) is 3. The molecule has 2 aromatic carbocycles.